The van der Waals surface area contributed by atoms with Gasteiger partial charge in [0.25, 0.3) is 0 Å². The van der Waals surface area contributed by atoms with Gasteiger partial charge in [0.1, 0.15) is 0 Å². The second-order valence-electron chi connectivity index (χ2n) is 3.14. The summed E-state index contributed by atoms with van der Waals surface area (Å²) in [6, 6.07) is 0. The summed E-state index contributed by atoms with van der Waals surface area (Å²) >= 11 is 0. The van der Waals surface area contributed by atoms with Crippen molar-refractivity contribution in [1.82, 2.24) is 5.48 Å². The first-order chi connectivity index (χ1) is 6.66. The van der Waals surface area contributed by atoms with Gasteiger partial charge >= 0.3 is 6.09 Å². The number of carbonyl (C=O) groups is 1. The van der Waals surface area contributed by atoms with Gasteiger partial charge in [0, 0.05) is 6.42 Å². The fraction of sp³-hybridized carbons (Fsp3) is 0.700. The Morgan fingerprint density at radius 2 is 2.29 bits per heavy atom. The van der Waals surface area contributed by atoms with Gasteiger partial charge in [-0.3, -0.25) is 4.84 Å². The molecule has 0 rings (SSSR count). The van der Waals surface area contributed by atoms with Crippen molar-refractivity contribution in [3.05, 3.63) is 0 Å². The van der Waals surface area contributed by atoms with Gasteiger partial charge in [-0.15, -0.1) is 12.3 Å². The molecule has 0 heterocycles. The SMILES string of the molecule is C#CCCCCCC(C)ONC(=O)O. The molecule has 0 saturated heterocycles. The van der Waals surface area contributed by atoms with Gasteiger partial charge < -0.3 is 5.11 Å². The summed E-state index contributed by atoms with van der Waals surface area (Å²) in [5, 5.41) is 8.25. The maximum Gasteiger partial charge on any atom is 0.428 e. The maximum atomic E-state index is 10.1. The lowest BCUT2D eigenvalue weighted by Gasteiger charge is -2.10. The predicted molar refractivity (Wildman–Crippen MR) is 53.6 cm³/mol. The molecule has 1 unspecified atom stereocenters. The van der Waals surface area contributed by atoms with E-state index in [1.165, 1.54) is 0 Å². The minimum Gasteiger partial charge on any atom is -0.464 e. The minimum absolute atomic E-state index is 0.0862. The molecular weight excluding hydrogens is 182 g/mol. The van der Waals surface area contributed by atoms with E-state index < -0.39 is 6.09 Å². The van der Waals surface area contributed by atoms with Crippen molar-refractivity contribution in [3.8, 4) is 12.3 Å². The first kappa shape index (κ1) is 12.8. The van der Waals surface area contributed by atoms with E-state index in [4.69, 9.17) is 16.4 Å². The highest BCUT2D eigenvalue weighted by atomic mass is 16.7. The second-order valence-corrected chi connectivity index (χ2v) is 3.14. The highest BCUT2D eigenvalue weighted by Crippen LogP contribution is 2.06. The minimum atomic E-state index is -1.16. The summed E-state index contributed by atoms with van der Waals surface area (Å²) in [7, 11) is 0. The topological polar surface area (TPSA) is 58.6 Å². The highest BCUT2D eigenvalue weighted by molar-refractivity contribution is 5.62. The third-order valence-electron chi connectivity index (χ3n) is 1.78. The Bertz CT molecular complexity index is 198. The van der Waals surface area contributed by atoms with Crippen LogP contribution in [-0.4, -0.2) is 17.3 Å². The smallest absolute Gasteiger partial charge is 0.428 e. The molecule has 0 saturated carbocycles. The average molecular weight is 199 g/mol. The Kier molecular flexibility index (Phi) is 7.67. The van der Waals surface area contributed by atoms with E-state index in [9.17, 15) is 4.79 Å². The van der Waals surface area contributed by atoms with Crippen molar-refractivity contribution in [2.75, 3.05) is 0 Å². The summed E-state index contributed by atoms with van der Waals surface area (Å²) in [5.74, 6) is 2.57. The zero-order chi connectivity index (χ0) is 10.8. The number of unbranched alkanes of at least 4 members (excludes halogenated alkanes) is 3. The van der Waals surface area contributed by atoms with Crippen molar-refractivity contribution in [3.63, 3.8) is 0 Å². The maximum absolute atomic E-state index is 10.1. The molecule has 0 fully saturated rings. The summed E-state index contributed by atoms with van der Waals surface area (Å²) in [6.07, 6.45) is 8.59. The van der Waals surface area contributed by atoms with E-state index in [2.05, 4.69) is 5.92 Å². The first-order valence-corrected chi connectivity index (χ1v) is 4.75. The number of hydroxylamine groups is 1. The van der Waals surface area contributed by atoms with Crippen molar-refractivity contribution in [1.29, 1.82) is 0 Å². The van der Waals surface area contributed by atoms with Crippen LogP contribution in [0.3, 0.4) is 0 Å². The lowest BCUT2D eigenvalue weighted by Crippen LogP contribution is -2.26. The molecule has 4 nitrogen and oxygen atoms in total. The molecular formula is C10H17NO3. The second kappa shape index (κ2) is 8.39. The molecule has 14 heavy (non-hydrogen) atoms. The van der Waals surface area contributed by atoms with Gasteiger partial charge in [0.15, 0.2) is 0 Å². The molecule has 0 bridgehead atoms. The lowest BCUT2D eigenvalue weighted by molar-refractivity contribution is -0.0113. The number of hydrogen-bond acceptors (Lipinski definition) is 2. The number of terminal acetylenes is 1. The third-order valence-corrected chi connectivity index (χ3v) is 1.78. The number of carboxylic acid groups (broad SMARTS) is 1. The molecule has 1 amide bonds. The van der Waals surface area contributed by atoms with Crippen molar-refractivity contribution in [2.24, 2.45) is 0 Å². The Hall–Kier alpha value is -1.21. The zero-order valence-electron chi connectivity index (χ0n) is 8.45. The molecule has 0 aliphatic carbocycles. The van der Waals surface area contributed by atoms with Gasteiger partial charge in [-0.25, -0.2) is 4.79 Å². The van der Waals surface area contributed by atoms with E-state index >= 15 is 0 Å². The van der Waals surface area contributed by atoms with Crippen LogP contribution < -0.4 is 5.48 Å². The van der Waals surface area contributed by atoms with Crippen molar-refractivity contribution < 1.29 is 14.7 Å². The van der Waals surface area contributed by atoms with Crippen molar-refractivity contribution in [2.45, 2.75) is 45.1 Å². The monoisotopic (exact) mass is 199 g/mol. The van der Waals surface area contributed by atoms with Crippen LogP contribution in [0.5, 0.6) is 0 Å². The van der Waals surface area contributed by atoms with Crippen LogP contribution in [0.4, 0.5) is 4.79 Å². The molecule has 0 aromatic carbocycles. The quantitative estimate of drug-likeness (QED) is 0.375. The van der Waals surface area contributed by atoms with Gasteiger partial charge in [0.2, 0.25) is 0 Å². The van der Waals surface area contributed by atoms with E-state index in [0.717, 1.165) is 32.1 Å². The van der Waals surface area contributed by atoms with E-state index in [1.54, 1.807) is 0 Å². The fourth-order valence-corrected chi connectivity index (χ4v) is 1.05. The van der Waals surface area contributed by atoms with Crippen LogP contribution in [0, 0.1) is 12.3 Å². The van der Waals surface area contributed by atoms with E-state index in [0.29, 0.717) is 0 Å². The van der Waals surface area contributed by atoms with E-state index in [-0.39, 0.29) is 6.10 Å². The molecule has 1 atom stereocenters. The van der Waals surface area contributed by atoms with Crippen LogP contribution in [0.1, 0.15) is 39.0 Å². The summed E-state index contributed by atoms with van der Waals surface area (Å²) in [4.78, 5) is 14.9. The third kappa shape index (κ3) is 8.88. The normalized spacial score (nSPS) is 11.7. The van der Waals surface area contributed by atoms with Crippen molar-refractivity contribution >= 4 is 6.09 Å². The van der Waals surface area contributed by atoms with Gasteiger partial charge in [-0.05, 0) is 19.8 Å². The molecule has 0 aliphatic rings. The number of rotatable bonds is 7. The first-order valence-electron chi connectivity index (χ1n) is 4.75. The van der Waals surface area contributed by atoms with Gasteiger partial charge in [0.05, 0.1) is 6.10 Å². The molecule has 0 spiro atoms. The summed E-state index contributed by atoms with van der Waals surface area (Å²) in [6.45, 7) is 1.83. The number of hydrogen-bond donors (Lipinski definition) is 2. The van der Waals surface area contributed by atoms with E-state index in [1.807, 2.05) is 12.4 Å². The Labute approximate surface area is 84.6 Å². The highest BCUT2D eigenvalue weighted by Gasteiger charge is 2.03. The molecule has 4 heteroatoms. The summed E-state index contributed by atoms with van der Waals surface area (Å²) < 4.78 is 0. The predicted octanol–water partition coefficient (Wildman–Crippen LogP) is 2.16. The lowest BCUT2D eigenvalue weighted by atomic mass is 10.1. The standard InChI is InChI=1S/C10H17NO3/c1-3-4-5-6-7-8-9(2)14-11-10(12)13/h1,9,11H,4-8H2,2H3,(H,12,13). The van der Waals surface area contributed by atoms with Crippen LogP contribution in [0.15, 0.2) is 0 Å². The fourth-order valence-electron chi connectivity index (χ4n) is 1.05. The Morgan fingerprint density at radius 1 is 1.57 bits per heavy atom. The van der Waals surface area contributed by atoms with Gasteiger partial charge in [-0.2, -0.15) is 5.48 Å². The van der Waals surface area contributed by atoms with Crippen LogP contribution >= 0.6 is 0 Å². The summed E-state index contributed by atoms with van der Waals surface area (Å²) in [5.41, 5.74) is 1.88. The molecule has 80 valence electrons. The van der Waals surface area contributed by atoms with Gasteiger partial charge in [-0.1, -0.05) is 12.8 Å². The molecule has 2 N–H and O–H groups in total. The number of nitrogens with one attached hydrogen (secondary N) is 1. The number of amides is 1. The molecule has 0 aromatic heterocycles. The average Bonchev–Trinajstić information content (AvgIpc) is 2.14. The largest absolute Gasteiger partial charge is 0.464 e. The zero-order valence-corrected chi connectivity index (χ0v) is 8.45. The van der Waals surface area contributed by atoms with Crippen LogP contribution in [-0.2, 0) is 4.84 Å². The molecule has 0 radical (unpaired) electrons. The molecule has 0 aromatic rings. The Balaban J connectivity index is 3.23. The molecule has 0 aliphatic heterocycles. The van der Waals surface area contributed by atoms with Crippen LogP contribution in [0.25, 0.3) is 0 Å². The van der Waals surface area contributed by atoms with Crippen LogP contribution in [0.2, 0.25) is 0 Å². The Morgan fingerprint density at radius 3 is 2.86 bits per heavy atom.